The molecule has 0 atom stereocenters. The number of anilines is 3. The fourth-order valence-electron chi connectivity index (χ4n) is 10.1. The first-order valence-electron chi connectivity index (χ1n) is 22.8. The molecule has 0 amide bonds. The Hall–Kier alpha value is -7.89. The van der Waals surface area contributed by atoms with E-state index >= 15 is 0 Å². The third kappa shape index (κ3) is 8.21. The summed E-state index contributed by atoms with van der Waals surface area (Å²) in [5, 5.41) is 2.27. The van der Waals surface area contributed by atoms with E-state index in [4.69, 9.17) is 15.0 Å². The van der Waals surface area contributed by atoms with Gasteiger partial charge in [-0.05, 0) is 99.3 Å². The number of nitrogens with zero attached hydrogens (tertiary/aromatic N) is 4. The van der Waals surface area contributed by atoms with Crippen LogP contribution in [0.4, 0.5) is 17.3 Å². The van der Waals surface area contributed by atoms with Gasteiger partial charge in [0.15, 0.2) is 11.6 Å². The molecule has 0 aliphatic heterocycles. The van der Waals surface area contributed by atoms with E-state index in [9.17, 15) is 0 Å². The molecule has 4 nitrogen and oxygen atoms in total. The van der Waals surface area contributed by atoms with Gasteiger partial charge in [0.1, 0.15) is 0 Å². The average Bonchev–Trinajstić information content (AvgIpc) is 3.34. The van der Waals surface area contributed by atoms with E-state index in [1.807, 2.05) is 18.2 Å². The minimum absolute atomic E-state index is 0.0306. The van der Waals surface area contributed by atoms with Crippen molar-refractivity contribution in [1.82, 2.24) is 15.0 Å². The van der Waals surface area contributed by atoms with Crippen molar-refractivity contribution >= 4 is 51.2 Å². The van der Waals surface area contributed by atoms with Crippen LogP contribution in [0.5, 0.6) is 0 Å². The minimum Gasteiger partial charge on any atom is -0.278 e. The monoisotopic (exact) mass is 850 g/mol. The highest BCUT2D eigenvalue weighted by Crippen LogP contribution is 2.41. The topological polar surface area (TPSA) is 41.9 Å². The largest absolute Gasteiger partial charge is 0.278 e. The summed E-state index contributed by atoms with van der Waals surface area (Å²) in [5.74, 6) is 1.71. The molecule has 1 heterocycles. The van der Waals surface area contributed by atoms with Gasteiger partial charge in [-0.25, -0.2) is 4.98 Å². The molecule has 0 radical (unpaired) electrons. The molecule has 66 heavy (non-hydrogen) atoms. The lowest BCUT2D eigenvalue weighted by Gasteiger charge is -2.28. The molecule has 0 unspecified atom stereocenters. The minimum atomic E-state index is 0.0306. The molecule has 318 valence electrons. The standard InChI is InChI=1S/C61H51BN4/c1-40-34-42(3)57(43(4)35-40)62(58-44(5)36-41(2)37-45(58)6)51-30-32-52(33-31-51)66(56-29-19-18-28-53(56)46-20-10-7-11-21-46)61-64-59(48-24-14-9-15-25-48)63-60(65-61)55-39-50-27-17-16-26-49(50)38-54(55)47-22-12-8-13-23-47/h7-39H,1-6H3. The molecule has 0 saturated carbocycles. The van der Waals surface area contributed by atoms with Crippen LogP contribution in [-0.2, 0) is 0 Å². The SMILES string of the molecule is Cc1cc(C)c(B(c2ccc(N(c3nc(-c4ccccc4)nc(-c4cc5ccccc5cc4-c4ccccc4)n3)c3ccccc3-c3ccccc3)cc2)c2c(C)cc(C)cc2C)c(C)c1. The Balaban J connectivity index is 1.23. The van der Waals surface area contributed by atoms with Crippen LogP contribution in [0.1, 0.15) is 33.4 Å². The normalized spacial score (nSPS) is 11.2. The van der Waals surface area contributed by atoms with Crippen LogP contribution < -0.4 is 21.3 Å². The van der Waals surface area contributed by atoms with Crippen molar-refractivity contribution in [3.05, 3.63) is 234 Å². The second-order valence-electron chi connectivity index (χ2n) is 17.6. The highest BCUT2D eigenvalue weighted by atomic mass is 15.3. The fourth-order valence-corrected chi connectivity index (χ4v) is 10.1. The van der Waals surface area contributed by atoms with Gasteiger partial charge in [-0.3, -0.25) is 4.90 Å². The first kappa shape index (κ1) is 42.1. The van der Waals surface area contributed by atoms with E-state index in [2.05, 4.69) is 228 Å². The summed E-state index contributed by atoms with van der Waals surface area (Å²) in [6.45, 7) is 13.5. The molecule has 10 rings (SSSR count). The van der Waals surface area contributed by atoms with E-state index < -0.39 is 0 Å². The summed E-state index contributed by atoms with van der Waals surface area (Å²) >= 11 is 0. The molecular weight excluding hydrogens is 800 g/mol. The number of fused-ring (bicyclic) bond motifs is 1. The lowest BCUT2D eigenvalue weighted by Crippen LogP contribution is -2.55. The molecule has 0 bridgehead atoms. The van der Waals surface area contributed by atoms with Crippen molar-refractivity contribution in [1.29, 1.82) is 0 Å². The van der Waals surface area contributed by atoms with Gasteiger partial charge in [-0.15, -0.1) is 0 Å². The van der Waals surface area contributed by atoms with Gasteiger partial charge in [0, 0.05) is 22.4 Å². The zero-order chi connectivity index (χ0) is 45.3. The van der Waals surface area contributed by atoms with E-state index in [0.717, 1.165) is 55.5 Å². The van der Waals surface area contributed by atoms with Crippen LogP contribution in [0.3, 0.4) is 0 Å². The van der Waals surface area contributed by atoms with Crippen molar-refractivity contribution in [3.8, 4) is 45.0 Å². The first-order chi connectivity index (χ1) is 32.2. The van der Waals surface area contributed by atoms with Crippen molar-refractivity contribution in [2.75, 3.05) is 4.90 Å². The number of para-hydroxylation sites is 1. The predicted molar refractivity (Wildman–Crippen MR) is 280 cm³/mol. The van der Waals surface area contributed by atoms with Crippen molar-refractivity contribution in [2.24, 2.45) is 0 Å². The molecule has 10 aromatic rings. The summed E-state index contributed by atoms with van der Waals surface area (Å²) in [6, 6.07) is 71.3. The lowest BCUT2D eigenvalue weighted by atomic mass is 9.34. The molecule has 9 aromatic carbocycles. The Labute approximate surface area is 389 Å². The smallest absolute Gasteiger partial charge is 0.242 e. The molecule has 0 aliphatic carbocycles. The van der Waals surface area contributed by atoms with Gasteiger partial charge < -0.3 is 0 Å². The van der Waals surface area contributed by atoms with Crippen molar-refractivity contribution < 1.29 is 0 Å². The Morgan fingerprint density at radius 3 is 1.35 bits per heavy atom. The summed E-state index contributed by atoms with van der Waals surface area (Å²) in [6.07, 6.45) is 0. The molecule has 0 aliphatic rings. The number of hydrogen-bond acceptors (Lipinski definition) is 4. The van der Waals surface area contributed by atoms with Crippen LogP contribution in [0.25, 0.3) is 55.8 Å². The lowest BCUT2D eigenvalue weighted by molar-refractivity contribution is 1.02. The van der Waals surface area contributed by atoms with Crippen LogP contribution in [-0.4, -0.2) is 21.7 Å². The van der Waals surface area contributed by atoms with E-state index in [1.54, 1.807) is 0 Å². The van der Waals surface area contributed by atoms with E-state index in [0.29, 0.717) is 17.6 Å². The highest BCUT2D eigenvalue weighted by molar-refractivity contribution is 6.96. The maximum atomic E-state index is 5.53. The van der Waals surface area contributed by atoms with Gasteiger partial charge in [0.2, 0.25) is 12.7 Å². The number of aryl methyl sites for hydroxylation is 6. The Bertz CT molecular complexity index is 3260. The fraction of sp³-hybridized carbons (Fsp3) is 0.0984. The van der Waals surface area contributed by atoms with Gasteiger partial charge in [-0.1, -0.05) is 220 Å². The predicted octanol–water partition coefficient (Wildman–Crippen LogP) is 13.5. The van der Waals surface area contributed by atoms with Gasteiger partial charge >= 0.3 is 0 Å². The third-order valence-electron chi connectivity index (χ3n) is 12.8. The van der Waals surface area contributed by atoms with Crippen molar-refractivity contribution in [3.63, 3.8) is 0 Å². The molecule has 0 saturated heterocycles. The van der Waals surface area contributed by atoms with Crippen LogP contribution in [0, 0.1) is 41.5 Å². The maximum Gasteiger partial charge on any atom is 0.242 e. The first-order valence-corrected chi connectivity index (χ1v) is 22.8. The van der Waals surface area contributed by atoms with Crippen LogP contribution in [0.15, 0.2) is 200 Å². The average molecular weight is 851 g/mol. The molecule has 0 N–H and O–H groups in total. The third-order valence-corrected chi connectivity index (χ3v) is 12.8. The van der Waals surface area contributed by atoms with Crippen LogP contribution >= 0.6 is 0 Å². The summed E-state index contributed by atoms with van der Waals surface area (Å²) in [5.41, 5.74) is 19.7. The summed E-state index contributed by atoms with van der Waals surface area (Å²) in [4.78, 5) is 18.5. The molecular formula is C61H51BN4. The summed E-state index contributed by atoms with van der Waals surface area (Å²) < 4.78 is 0. The Morgan fingerprint density at radius 2 is 0.803 bits per heavy atom. The molecule has 5 heteroatoms. The number of hydrogen-bond donors (Lipinski definition) is 0. The van der Waals surface area contributed by atoms with Gasteiger partial charge in [0.25, 0.3) is 0 Å². The number of aromatic nitrogens is 3. The number of benzene rings is 9. The second kappa shape index (κ2) is 17.9. The van der Waals surface area contributed by atoms with Crippen LogP contribution in [0.2, 0.25) is 0 Å². The molecule has 0 spiro atoms. The zero-order valence-corrected chi connectivity index (χ0v) is 38.4. The highest BCUT2D eigenvalue weighted by Gasteiger charge is 2.30. The second-order valence-corrected chi connectivity index (χ2v) is 17.6. The van der Waals surface area contributed by atoms with Gasteiger partial charge in [-0.2, -0.15) is 9.97 Å². The maximum absolute atomic E-state index is 5.53. The van der Waals surface area contributed by atoms with E-state index in [-0.39, 0.29) is 6.71 Å². The quantitative estimate of drug-likeness (QED) is 0.129. The molecule has 1 aromatic heterocycles. The van der Waals surface area contributed by atoms with Gasteiger partial charge in [0.05, 0.1) is 5.69 Å². The molecule has 0 fully saturated rings. The van der Waals surface area contributed by atoms with E-state index in [1.165, 1.54) is 49.8 Å². The zero-order valence-electron chi connectivity index (χ0n) is 38.4. The number of rotatable bonds is 10. The Kier molecular flexibility index (Phi) is 11.4. The Morgan fingerprint density at radius 1 is 0.364 bits per heavy atom. The summed E-state index contributed by atoms with van der Waals surface area (Å²) in [7, 11) is 0. The van der Waals surface area contributed by atoms with Crippen molar-refractivity contribution in [2.45, 2.75) is 41.5 Å².